The second kappa shape index (κ2) is 5.71. The van der Waals surface area contributed by atoms with Gasteiger partial charge in [-0.15, -0.1) is 11.3 Å². The zero-order valence-electron chi connectivity index (χ0n) is 9.56. The molecule has 0 aliphatic carbocycles. The Labute approximate surface area is 113 Å². The van der Waals surface area contributed by atoms with Crippen molar-refractivity contribution in [2.45, 2.75) is 25.8 Å². The van der Waals surface area contributed by atoms with Gasteiger partial charge < -0.3 is 5.73 Å². The van der Waals surface area contributed by atoms with E-state index >= 15 is 0 Å². The molecule has 2 aromatic rings. The Morgan fingerprint density at radius 3 is 3.00 bits per heavy atom. The molecule has 0 bridgehead atoms. The third-order valence-corrected chi connectivity index (χ3v) is 4.18. The summed E-state index contributed by atoms with van der Waals surface area (Å²) in [5.41, 5.74) is 6.94. The van der Waals surface area contributed by atoms with Crippen molar-refractivity contribution >= 4 is 27.3 Å². The standard InChI is InChI=1S/C12H14BrN3S/c1-2-9(14)6-10-3-4-15-12(16-10)11-5-8(13)7-17-11/h3-5,7,9H,2,6,14H2,1H3. The quantitative estimate of drug-likeness (QED) is 0.943. The number of hydrogen-bond acceptors (Lipinski definition) is 4. The van der Waals surface area contributed by atoms with E-state index in [0.717, 1.165) is 33.7 Å². The maximum Gasteiger partial charge on any atom is 0.169 e. The van der Waals surface area contributed by atoms with Crippen LogP contribution in [0.4, 0.5) is 0 Å². The molecule has 0 saturated heterocycles. The van der Waals surface area contributed by atoms with Crippen LogP contribution in [-0.2, 0) is 6.42 Å². The van der Waals surface area contributed by atoms with E-state index in [4.69, 9.17) is 5.73 Å². The predicted molar refractivity (Wildman–Crippen MR) is 75.0 cm³/mol. The normalized spacial score (nSPS) is 12.6. The van der Waals surface area contributed by atoms with Crippen LogP contribution < -0.4 is 5.73 Å². The third kappa shape index (κ3) is 3.34. The monoisotopic (exact) mass is 311 g/mol. The first-order valence-electron chi connectivity index (χ1n) is 5.51. The molecular formula is C12H14BrN3S. The summed E-state index contributed by atoms with van der Waals surface area (Å²) in [6, 6.07) is 4.14. The van der Waals surface area contributed by atoms with Gasteiger partial charge >= 0.3 is 0 Å². The number of nitrogens with zero attached hydrogens (tertiary/aromatic N) is 2. The van der Waals surface area contributed by atoms with Crippen LogP contribution in [0, 0.1) is 0 Å². The Balaban J connectivity index is 2.22. The van der Waals surface area contributed by atoms with E-state index in [1.54, 1.807) is 17.5 Å². The van der Waals surface area contributed by atoms with E-state index in [0.29, 0.717) is 0 Å². The van der Waals surface area contributed by atoms with E-state index in [9.17, 15) is 0 Å². The summed E-state index contributed by atoms with van der Waals surface area (Å²) in [7, 11) is 0. The molecule has 0 amide bonds. The number of rotatable bonds is 4. The van der Waals surface area contributed by atoms with Gasteiger partial charge in [0.15, 0.2) is 5.82 Å². The van der Waals surface area contributed by atoms with Crippen molar-refractivity contribution in [2.75, 3.05) is 0 Å². The van der Waals surface area contributed by atoms with Gasteiger partial charge in [-0.05, 0) is 34.5 Å². The van der Waals surface area contributed by atoms with Gasteiger partial charge in [0.25, 0.3) is 0 Å². The molecule has 2 heterocycles. The largest absolute Gasteiger partial charge is 0.327 e. The van der Waals surface area contributed by atoms with Crippen molar-refractivity contribution in [1.29, 1.82) is 0 Å². The number of hydrogen-bond donors (Lipinski definition) is 1. The lowest BCUT2D eigenvalue weighted by Crippen LogP contribution is -2.22. The molecule has 1 unspecified atom stereocenters. The first kappa shape index (κ1) is 12.7. The first-order valence-corrected chi connectivity index (χ1v) is 7.18. The zero-order chi connectivity index (χ0) is 12.3. The summed E-state index contributed by atoms with van der Waals surface area (Å²) in [5.74, 6) is 0.779. The molecule has 0 aliphatic rings. The molecule has 2 N–H and O–H groups in total. The molecule has 3 nitrogen and oxygen atoms in total. The van der Waals surface area contributed by atoms with Crippen LogP contribution >= 0.6 is 27.3 Å². The SMILES string of the molecule is CCC(N)Cc1ccnc(-c2cc(Br)cs2)n1. The Kier molecular flexibility index (Phi) is 4.25. The van der Waals surface area contributed by atoms with Gasteiger partial charge in [-0.3, -0.25) is 0 Å². The highest BCUT2D eigenvalue weighted by molar-refractivity contribution is 9.10. The lowest BCUT2D eigenvalue weighted by atomic mass is 10.1. The first-order chi connectivity index (χ1) is 8.19. The summed E-state index contributed by atoms with van der Waals surface area (Å²) in [6.07, 6.45) is 3.57. The number of nitrogens with two attached hydrogens (primary N) is 1. The molecule has 0 aromatic carbocycles. The lowest BCUT2D eigenvalue weighted by molar-refractivity contribution is 0.636. The Morgan fingerprint density at radius 1 is 1.53 bits per heavy atom. The van der Waals surface area contributed by atoms with Crippen LogP contribution in [0.3, 0.4) is 0 Å². The van der Waals surface area contributed by atoms with Crippen LogP contribution in [0.1, 0.15) is 19.0 Å². The Hall–Kier alpha value is -0.780. The van der Waals surface area contributed by atoms with Crippen molar-refractivity contribution in [1.82, 2.24) is 9.97 Å². The van der Waals surface area contributed by atoms with Crippen LogP contribution in [0.15, 0.2) is 28.2 Å². The highest BCUT2D eigenvalue weighted by atomic mass is 79.9. The maximum absolute atomic E-state index is 5.93. The number of aromatic nitrogens is 2. The molecule has 0 radical (unpaired) electrons. The summed E-state index contributed by atoms with van der Waals surface area (Å²) in [6.45, 7) is 2.09. The Bertz CT molecular complexity index is 498. The van der Waals surface area contributed by atoms with Crippen molar-refractivity contribution < 1.29 is 0 Å². The number of halogens is 1. The van der Waals surface area contributed by atoms with E-state index in [1.807, 2.05) is 17.5 Å². The molecule has 2 aromatic heterocycles. The summed E-state index contributed by atoms with van der Waals surface area (Å²) in [4.78, 5) is 9.91. The molecule has 1 atom stereocenters. The zero-order valence-corrected chi connectivity index (χ0v) is 12.0. The van der Waals surface area contributed by atoms with Crippen LogP contribution in [-0.4, -0.2) is 16.0 Å². The molecule has 5 heteroatoms. The van der Waals surface area contributed by atoms with Gasteiger partial charge in [-0.2, -0.15) is 0 Å². The maximum atomic E-state index is 5.93. The van der Waals surface area contributed by atoms with Gasteiger partial charge in [0.1, 0.15) is 0 Å². The molecule has 0 fully saturated rings. The molecular weight excluding hydrogens is 298 g/mol. The fourth-order valence-electron chi connectivity index (χ4n) is 1.47. The second-order valence-corrected chi connectivity index (χ2v) is 5.70. The Morgan fingerprint density at radius 2 is 2.35 bits per heavy atom. The topological polar surface area (TPSA) is 51.8 Å². The summed E-state index contributed by atoms with van der Waals surface area (Å²) in [5, 5.41) is 2.03. The van der Waals surface area contributed by atoms with Gasteiger partial charge in [-0.25, -0.2) is 9.97 Å². The minimum Gasteiger partial charge on any atom is -0.327 e. The minimum absolute atomic E-state index is 0.174. The van der Waals surface area contributed by atoms with Crippen LogP contribution in [0.2, 0.25) is 0 Å². The average molecular weight is 312 g/mol. The highest BCUT2D eigenvalue weighted by Crippen LogP contribution is 2.27. The predicted octanol–water partition coefficient (Wildman–Crippen LogP) is 3.25. The van der Waals surface area contributed by atoms with Crippen LogP contribution in [0.5, 0.6) is 0 Å². The molecule has 0 aliphatic heterocycles. The summed E-state index contributed by atoms with van der Waals surface area (Å²) < 4.78 is 1.07. The lowest BCUT2D eigenvalue weighted by Gasteiger charge is -2.08. The van der Waals surface area contributed by atoms with Crippen molar-refractivity contribution in [3.63, 3.8) is 0 Å². The smallest absolute Gasteiger partial charge is 0.169 e. The fourth-order valence-corrected chi connectivity index (χ4v) is 2.84. The van der Waals surface area contributed by atoms with Gasteiger partial charge in [0, 0.05) is 34.2 Å². The van der Waals surface area contributed by atoms with Gasteiger partial charge in [-0.1, -0.05) is 6.92 Å². The van der Waals surface area contributed by atoms with E-state index in [-0.39, 0.29) is 6.04 Å². The fraction of sp³-hybridized carbons (Fsp3) is 0.333. The van der Waals surface area contributed by atoms with Crippen molar-refractivity contribution in [2.24, 2.45) is 5.73 Å². The van der Waals surface area contributed by atoms with Crippen molar-refractivity contribution in [3.05, 3.63) is 33.9 Å². The molecule has 90 valence electrons. The van der Waals surface area contributed by atoms with E-state index in [1.165, 1.54) is 0 Å². The minimum atomic E-state index is 0.174. The average Bonchev–Trinajstić information content (AvgIpc) is 2.76. The second-order valence-electron chi connectivity index (χ2n) is 3.87. The van der Waals surface area contributed by atoms with Gasteiger partial charge in [0.05, 0.1) is 4.88 Å². The number of thiophene rings is 1. The van der Waals surface area contributed by atoms with Crippen LogP contribution in [0.25, 0.3) is 10.7 Å². The van der Waals surface area contributed by atoms with E-state index < -0.39 is 0 Å². The molecule has 2 rings (SSSR count). The van der Waals surface area contributed by atoms with Crippen molar-refractivity contribution in [3.8, 4) is 10.7 Å². The van der Waals surface area contributed by atoms with E-state index in [2.05, 4.69) is 32.8 Å². The molecule has 17 heavy (non-hydrogen) atoms. The van der Waals surface area contributed by atoms with Gasteiger partial charge in [0.2, 0.25) is 0 Å². The highest BCUT2D eigenvalue weighted by Gasteiger charge is 2.07. The molecule has 0 saturated carbocycles. The summed E-state index contributed by atoms with van der Waals surface area (Å²) >= 11 is 5.07. The molecule has 0 spiro atoms. The third-order valence-electron chi connectivity index (χ3n) is 2.50.